The lowest BCUT2D eigenvalue weighted by atomic mass is 9.89. The summed E-state index contributed by atoms with van der Waals surface area (Å²) in [7, 11) is 4.26. The van der Waals surface area contributed by atoms with Crippen molar-refractivity contribution in [3.8, 4) is 17.4 Å². The zero-order valence-corrected chi connectivity index (χ0v) is 18.3. The summed E-state index contributed by atoms with van der Waals surface area (Å²) < 4.78 is 57.1. The molecule has 1 aromatic carbocycles. The maximum atomic E-state index is 13.3. The summed E-state index contributed by atoms with van der Waals surface area (Å²) in [6.45, 7) is -1.18. The number of fused-ring (bicyclic) bond motifs is 1. The van der Waals surface area contributed by atoms with Gasteiger partial charge in [-0.05, 0) is 35.7 Å². The molecule has 0 bridgehead atoms. The molecule has 1 aliphatic heterocycles. The number of carbonyl (C=O) groups excluding carboxylic acids is 2. The van der Waals surface area contributed by atoms with E-state index in [0.717, 1.165) is 17.3 Å². The third kappa shape index (κ3) is 5.65. The Bertz CT molecular complexity index is 1010. The lowest BCUT2D eigenvalue weighted by molar-refractivity contribution is -0.154. The van der Waals surface area contributed by atoms with Crippen LogP contribution in [-0.4, -0.2) is 62.4 Å². The zero-order valence-electron chi connectivity index (χ0n) is 18.3. The normalized spacial score (nSPS) is 15.5. The number of pyridine rings is 1. The lowest BCUT2D eigenvalue weighted by Gasteiger charge is -2.37. The number of aromatic nitrogens is 1. The van der Waals surface area contributed by atoms with E-state index in [9.17, 15) is 22.8 Å². The van der Waals surface area contributed by atoms with Crippen LogP contribution in [0.1, 0.15) is 33.9 Å². The molecule has 0 spiro atoms. The van der Waals surface area contributed by atoms with Crippen LogP contribution < -0.4 is 14.2 Å². The number of methoxy groups -OCH3 is 3. The first-order valence-electron chi connectivity index (χ1n) is 9.95. The molecule has 3 rings (SSSR count). The third-order valence-corrected chi connectivity index (χ3v) is 5.22. The molecule has 2 aromatic rings. The van der Waals surface area contributed by atoms with Gasteiger partial charge in [-0.3, -0.25) is 9.59 Å². The standard InChI is InChI=1S/C22H23F3N2O6/c1-30-17-8-13-6-7-27(16(10-20(28)32-3)15(13)9-18(17)31-2)21(29)14-4-5-19(26-11-14)33-12-22(23,24)25/h4-5,8-9,11,16H,6-7,10,12H2,1-3H3. The van der Waals surface area contributed by atoms with Crippen LogP contribution in [0, 0.1) is 0 Å². The second kappa shape index (κ2) is 9.97. The largest absolute Gasteiger partial charge is 0.493 e. The molecule has 0 saturated heterocycles. The SMILES string of the molecule is COC(=O)CC1c2cc(OC)c(OC)cc2CCN1C(=O)c1ccc(OCC(F)(F)F)nc1. The van der Waals surface area contributed by atoms with Crippen LogP contribution in [0.2, 0.25) is 0 Å². The van der Waals surface area contributed by atoms with Gasteiger partial charge in [-0.2, -0.15) is 13.2 Å². The van der Waals surface area contributed by atoms with E-state index in [1.165, 1.54) is 38.4 Å². The van der Waals surface area contributed by atoms with Gasteiger partial charge in [-0.15, -0.1) is 0 Å². The molecule has 178 valence electrons. The number of amides is 1. The van der Waals surface area contributed by atoms with Crippen LogP contribution in [0.5, 0.6) is 17.4 Å². The Morgan fingerprint density at radius 2 is 1.82 bits per heavy atom. The fraction of sp³-hybridized carbons (Fsp3) is 0.409. The Kier molecular flexibility index (Phi) is 7.29. The van der Waals surface area contributed by atoms with Gasteiger partial charge in [-0.25, -0.2) is 4.98 Å². The number of benzene rings is 1. The second-order valence-corrected chi connectivity index (χ2v) is 7.24. The molecular formula is C22H23F3N2O6. The molecule has 1 amide bonds. The molecule has 0 saturated carbocycles. The van der Waals surface area contributed by atoms with E-state index in [1.807, 2.05) is 6.07 Å². The highest BCUT2D eigenvalue weighted by atomic mass is 19.4. The number of ether oxygens (including phenoxy) is 4. The average Bonchev–Trinajstić information content (AvgIpc) is 2.81. The maximum absolute atomic E-state index is 13.3. The Balaban J connectivity index is 1.89. The highest BCUT2D eigenvalue weighted by Crippen LogP contribution is 2.40. The van der Waals surface area contributed by atoms with Crippen molar-refractivity contribution in [3.63, 3.8) is 0 Å². The van der Waals surface area contributed by atoms with Crippen molar-refractivity contribution in [2.24, 2.45) is 0 Å². The van der Waals surface area contributed by atoms with Gasteiger partial charge in [0.15, 0.2) is 18.1 Å². The molecule has 33 heavy (non-hydrogen) atoms. The van der Waals surface area contributed by atoms with Crippen molar-refractivity contribution >= 4 is 11.9 Å². The minimum Gasteiger partial charge on any atom is -0.493 e. The van der Waals surface area contributed by atoms with E-state index in [0.29, 0.717) is 24.5 Å². The van der Waals surface area contributed by atoms with Gasteiger partial charge in [0.05, 0.1) is 39.4 Å². The molecule has 0 fully saturated rings. The molecule has 0 N–H and O–H groups in total. The van der Waals surface area contributed by atoms with E-state index >= 15 is 0 Å². The molecule has 0 aliphatic carbocycles. The Hall–Kier alpha value is -3.50. The van der Waals surface area contributed by atoms with Crippen molar-refractivity contribution in [2.75, 3.05) is 34.5 Å². The van der Waals surface area contributed by atoms with Crippen LogP contribution in [-0.2, 0) is 16.0 Å². The van der Waals surface area contributed by atoms with Gasteiger partial charge < -0.3 is 23.8 Å². The van der Waals surface area contributed by atoms with Crippen LogP contribution in [0.4, 0.5) is 13.2 Å². The number of hydrogen-bond donors (Lipinski definition) is 0. The third-order valence-electron chi connectivity index (χ3n) is 5.22. The Labute approximate surface area is 188 Å². The molecule has 1 aliphatic rings. The highest BCUT2D eigenvalue weighted by molar-refractivity contribution is 5.94. The Morgan fingerprint density at radius 1 is 1.12 bits per heavy atom. The van der Waals surface area contributed by atoms with Crippen molar-refractivity contribution in [3.05, 3.63) is 47.2 Å². The smallest absolute Gasteiger partial charge is 0.422 e. The van der Waals surface area contributed by atoms with Crippen LogP contribution in [0.15, 0.2) is 30.5 Å². The van der Waals surface area contributed by atoms with Crippen molar-refractivity contribution in [2.45, 2.75) is 25.1 Å². The molecule has 2 heterocycles. The van der Waals surface area contributed by atoms with Crippen molar-refractivity contribution in [1.82, 2.24) is 9.88 Å². The first-order chi connectivity index (χ1) is 15.7. The number of nitrogens with zero attached hydrogens (tertiary/aromatic N) is 2. The first kappa shape index (κ1) is 24.1. The predicted molar refractivity (Wildman–Crippen MR) is 109 cm³/mol. The second-order valence-electron chi connectivity index (χ2n) is 7.24. The summed E-state index contributed by atoms with van der Waals surface area (Å²) in [4.78, 5) is 30.7. The van der Waals surface area contributed by atoms with Crippen molar-refractivity contribution in [1.29, 1.82) is 0 Å². The minimum atomic E-state index is -4.50. The van der Waals surface area contributed by atoms with Gasteiger partial charge >= 0.3 is 12.1 Å². The van der Waals surface area contributed by atoms with E-state index < -0.39 is 30.7 Å². The monoisotopic (exact) mass is 468 g/mol. The van der Waals surface area contributed by atoms with Gasteiger partial charge in [-0.1, -0.05) is 0 Å². The van der Waals surface area contributed by atoms with E-state index in [1.54, 1.807) is 6.07 Å². The molecular weight excluding hydrogens is 445 g/mol. The fourth-order valence-corrected chi connectivity index (χ4v) is 3.65. The molecule has 1 atom stereocenters. The Morgan fingerprint density at radius 3 is 2.39 bits per heavy atom. The van der Waals surface area contributed by atoms with E-state index in [-0.39, 0.29) is 17.9 Å². The molecule has 0 radical (unpaired) electrons. The summed E-state index contributed by atoms with van der Waals surface area (Å²) in [5, 5.41) is 0. The van der Waals surface area contributed by atoms with Gasteiger partial charge in [0, 0.05) is 18.8 Å². The summed E-state index contributed by atoms with van der Waals surface area (Å²) in [6.07, 6.45) is -2.94. The molecule has 1 aromatic heterocycles. The van der Waals surface area contributed by atoms with E-state index in [2.05, 4.69) is 9.72 Å². The summed E-state index contributed by atoms with van der Waals surface area (Å²) >= 11 is 0. The predicted octanol–water partition coefficient (Wildman–Crippen LogP) is 3.34. The maximum Gasteiger partial charge on any atom is 0.422 e. The quantitative estimate of drug-likeness (QED) is 0.576. The number of esters is 1. The van der Waals surface area contributed by atoms with Crippen molar-refractivity contribution < 1.29 is 41.7 Å². The number of halogens is 3. The van der Waals surface area contributed by atoms with Gasteiger partial charge in [0.1, 0.15) is 0 Å². The molecule has 8 nitrogen and oxygen atoms in total. The van der Waals surface area contributed by atoms with Crippen LogP contribution in [0.3, 0.4) is 0 Å². The fourth-order valence-electron chi connectivity index (χ4n) is 3.65. The van der Waals surface area contributed by atoms with Crippen LogP contribution >= 0.6 is 0 Å². The minimum absolute atomic E-state index is 0.0923. The summed E-state index contributed by atoms with van der Waals surface area (Å²) in [6, 6.07) is 5.43. The summed E-state index contributed by atoms with van der Waals surface area (Å²) in [5.41, 5.74) is 1.77. The lowest BCUT2D eigenvalue weighted by Crippen LogP contribution is -2.41. The molecule has 1 unspecified atom stereocenters. The zero-order chi connectivity index (χ0) is 24.2. The number of hydrogen-bond acceptors (Lipinski definition) is 7. The topological polar surface area (TPSA) is 87.2 Å². The van der Waals surface area contributed by atoms with Gasteiger partial charge in [0.2, 0.25) is 5.88 Å². The number of alkyl halides is 3. The van der Waals surface area contributed by atoms with Gasteiger partial charge in [0.25, 0.3) is 5.91 Å². The van der Waals surface area contributed by atoms with E-state index in [4.69, 9.17) is 14.2 Å². The number of carbonyl (C=O) groups is 2. The van der Waals surface area contributed by atoms with Crippen LogP contribution in [0.25, 0.3) is 0 Å². The number of rotatable bonds is 7. The highest BCUT2D eigenvalue weighted by Gasteiger charge is 2.35. The molecule has 11 heteroatoms. The first-order valence-corrected chi connectivity index (χ1v) is 9.95. The summed E-state index contributed by atoms with van der Waals surface area (Å²) in [5.74, 6) is -0.204. The average molecular weight is 468 g/mol.